The highest BCUT2D eigenvalue weighted by Gasteiger charge is 1.89. The van der Waals surface area contributed by atoms with Crippen molar-refractivity contribution in [3.8, 4) is 0 Å². The third-order valence-electron chi connectivity index (χ3n) is 5.00. The fourth-order valence-electron chi connectivity index (χ4n) is 3.00. The number of aliphatic imine (C=N–C) groups is 2. The summed E-state index contributed by atoms with van der Waals surface area (Å²) < 4.78 is 0. The molecule has 0 fully saturated rings. The van der Waals surface area contributed by atoms with Gasteiger partial charge < -0.3 is 11.5 Å². The van der Waals surface area contributed by atoms with E-state index >= 15 is 0 Å². The van der Waals surface area contributed by atoms with Gasteiger partial charge in [-0.05, 0) is 56.3 Å². The molecule has 3 rings (SSSR count). The molecule has 36 heavy (non-hydrogen) atoms. The van der Waals surface area contributed by atoms with E-state index in [1.54, 1.807) is 12.1 Å². The van der Waals surface area contributed by atoms with Gasteiger partial charge in [0, 0.05) is 31.1 Å². The maximum absolute atomic E-state index is 10.0. The average Bonchev–Trinajstić information content (AvgIpc) is 2.95. The summed E-state index contributed by atoms with van der Waals surface area (Å²) >= 11 is 0. The number of unbranched alkanes of at least 4 members (excludes halogenated alkanes) is 4. The van der Waals surface area contributed by atoms with E-state index < -0.39 is 0 Å². The summed E-state index contributed by atoms with van der Waals surface area (Å²) in [6.07, 6.45) is 11.6. The Morgan fingerprint density at radius 1 is 0.500 bits per heavy atom. The Labute approximate surface area is 217 Å². The average molecular weight is 487 g/mol. The normalized spacial score (nSPS) is 10.4. The van der Waals surface area contributed by atoms with Crippen molar-refractivity contribution in [2.45, 2.75) is 38.5 Å². The van der Waals surface area contributed by atoms with E-state index in [2.05, 4.69) is 34.3 Å². The highest BCUT2D eigenvalue weighted by atomic mass is 16.1. The lowest BCUT2D eigenvalue weighted by atomic mass is 10.2. The fraction of sp³-hybridized carbons (Fsp3) is 0.323. The molecule has 0 aliphatic rings. The quantitative estimate of drug-likeness (QED) is 0.177. The monoisotopic (exact) mass is 486 g/mol. The van der Waals surface area contributed by atoms with E-state index in [-0.39, 0.29) is 0 Å². The SMILES string of the molecule is C(=NCCCCCN=Cc1ccccc1)c1ccccc1.NCCCCCN.O=Cc1ccccc1. The standard InChI is InChI=1S/C19H22N2.C7H6O.C5H14N2/c1-4-10-18(11-5-1)16-20-14-8-3-9-15-21-17-19-12-6-2-7-13-19;8-6-7-4-2-1-3-5-7;6-4-2-1-3-5-7/h1-2,4-7,10-13,16-17H,3,8-9,14-15H2;1-6H;1-7H2. The van der Waals surface area contributed by atoms with Crippen LogP contribution in [0.5, 0.6) is 0 Å². The molecule has 0 atom stereocenters. The van der Waals surface area contributed by atoms with Crippen LogP contribution in [0, 0.1) is 0 Å². The van der Waals surface area contributed by atoms with E-state index in [9.17, 15) is 4.79 Å². The molecule has 0 aliphatic carbocycles. The number of carbonyl (C=O) groups excluding carboxylic acids is 1. The van der Waals surface area contributed by atoms with Gasteiger partial charge in [-0.25, -0.2) is 0 Å². The van der Waals surface area contributed by atoms with Crippen molar-refractivity contribution in [1.29, 1.82) is 0 Å². The van der Waals surface area contributed by atoms with Crippen LogP contribution in [-0.4, -0.2) is 44.9 Å². The largest absolute Gasteiger partial charge is 0.330 e. The summed E-state index contributed by atoms with van der Waals surface area (Å²) in [7, 11) is 0. The van der Waals surface area contributed by atoms with Crippen molar-refractivity contribution in [1.82, 2.24) is 0 Å². The number of hydrogen-bond acceptors (Lipinski definition) is 5. The zero-order valence-corrected chi connectivity index (χ0v) is 21.4. The third kappa shape index (κ3) is 18.0. The van der Waals surface area contributed by atoms with Crippen molar-refractivity contribution in [3.05, 3.63) is 108 Å². The molecular weight excluding hydrogens is 444 g/mol. The Bertz CT molecular complexity index is 873. The van der Waals surface area contributed by atoms with Crippen LogP contribution in [-0.2, 0) is 0 Å². The number of benzene rings is 3. The second kappa shape index (κ2) is 23.3. The summed E-state index contributed by atoms with van der Waals surface area (Å²) in [5, 5.41) is 0. The highest BCUT2D eigenvalue weighted by Crippen LogP contribution is 1.99. The van der Waals surface area contributed by atoms with Crippen LogP contribution in [0.1, 0.15) is 60.0 Å². The van der Waals surface area contributed by atoms with Gasteiger partial charge in [-0.3, -0.25) is 14.8 Å². The molecular formula is C31H42N4O. The van der Waals surface area contributed by atoms with E-state index in [0.29, 0.717) is 0 Å². The smallest absolute Gasteiger partial charge is 0.150 e. The molecule has 4 N–H and O–H groups in total. The second-order valence-electron chi connectivity index (χ2n) is 8.12. The van der Waals surface area contributed by atoms with E-state index in [4.69, 9.17) is 11.5 Å². The van der Waals surface area contributed by atoms with Gasteiger partial charge in [0.05, 0.1) is 0 Å². The summed E-state index contributed by atoms with van der Waals surface area (Å²) in [4.78, 5) is 18.9. The van der Waals surface area contributed by atoms with Crippen molar-refractivity contribution < 1.29 is 4.79 Å². The lowest BCUT2D eigenvalue weighted by Crippen LogP contribution is -2.02. The molecule has 5 heteroatoms. The van der Waals surface area contributed by atoms with Crippen LogP contribution in [0.25, 0.3) is 0 Å². The molecule has 0 heterocycles. The first-order valence-electron chi connectivity index (χ1n) is 12.8. The maximum atomic E-state index is 10.0. The minimum Gasteiger partial charge on any atom is -0.330 e. The van der Waals surface area contributed by atoms with Gasteiger partial charge in [-0.1, -0.05) is 97.4 Å². The zero-order chi connectivity index (χ0) is 25.9. The Hall–Kier alpha value is -3.41. The second-order valence-corrected chi connectivity index (χ2v) is 8.12. The summed E-state index contributed by atoms with van der Waals surface area (Å²) in [5.74, 6) is 0. The van der Waals surface area contributed by atoms with Crippen LogP contribution in [0.4, 0.5) is 0 Å². The van der Waals surface area contributed by atoms with E-state index in [1.807, 2.05) is 67.0 Å². The number of nitrogens with zero attached hydrogens (tertiary/aromatic N) is 2. The molecule has 192 valence electrons. The molecule has 3 aromatic carbocycles. The lowest BCUT2D eigenvalue weighted by Gasteiger charge is -1.96. The van der Waals surface area contributed by atoms with Gasteiger partial charge in [0.2, 0.25) is 0 Å². The van der Waals surface area contributed by atoms with Crippen LogP contribution in [0.3, 0.4) is 0 Å². The van der Waals surface area contributed by atoms with Gasteiger partial charge in [0.15, 0.2) is 0 Å². The molecule has 0 saturated heterocycles. The lowest BCUT2D eigenvalue weighted by molar-refractivity contribution is 0.112. The molecule has 0 amide bonds. The molecule has 5 nitrogen and oxygen atoms in total. The summed E-state index contributed by atoms with van der Waals surface area (Å²) in [6.45, 7) is 3.41. The minimum atomic E-state index is 0.729. The first-order valence-corrected chi connectivity index (χ1v) is 12.8. The highest BCUT2D eigenvalue weighted by molar-refractivity contribution is 5.79. The van der Waals surface area contributed by atoms with Crippen LogP contribution in [0.2, 0.25) is 0 Å². The number of nitrogens with two attached hydrogens (primary N) is 2. The van der Waals surface area contributed by atoms with Crippen molar-refractivity contribution in [2.24, 2.45) is 21.5 Å². The topological polar surface area (TPSA) is 93.8 Å². The fourth-order valence-corrected chi connectivity index (χ4v) is 3.00. The predicted octanol–water partition coefficient (Wildman–Crippen LogP) is 5.97. The van der Waals surface area contributed by atoms with Crippen LogP contribution < -0.4 is 11.5 Å². The van der Waals surface area contributed by atoms with Crippen molar-refractivity contribution in [3.63, 3.8) is 0 Å². The molecule has 0 bridgehead atoms. The van der Waals surface area contributed by atoms with Crippen LogP contribution >= 0.6 is 0 Å². The number of hydrogen-bond donors (Lipinski definition) is 2. The van der Waals surface area contributed by atoms with Gasteiger partial charge in [-0.15, -0.1) is 0 Å². The van der Waals surface area contributed by atoms with Crippen molar-refractivity contribution in [2.75, 3.05) is 26.2 Å². The van der Waals surface area contributed by atoms with Gasteiger partial charge >= 0.3 is 0 Å². The predicted molar refractivity (Wildman–Crippen MR) is 155 cm³/mol. The Morgan fingerprint density at radius 2 is 0.861 bits per heavy atom. The molecule has 0 aliphatic heterocycles. The van der Waals surface area contributed by atoms with E-state index in [0.717, 1.165) is 63.7 Å². The minimum absolute atomic E-state index is 0.729. The van der Waals surface area contributed by atoms with Gasteiger partial charge in [0.25, 0.3) is 0 Å². The van der Waals surface area contributed by atoms with Crippen LogP contribution in [0.15, 0.2) is 101 Å². The Morgan fingerprint density at radius 3 is 1.19 bits per heavy atom. The number of rotatable bonds is 13. The van der Waals surface area contributed by atoms with E-state index in [1.165, 1.54) is 24.0 Å². The number of aldehydes is 1. The molecule has 0 aromatic heterocycles. The Kier molecular flexibility index (Phi) is 19.9. The molecule has 0 radical (unpaired) electrons. The third-order valence-corrected chi connectivity index (χ3v) is 5.00. The first kappa shape index (κ1) is 30.6. The molecule has 0 spiro atoms. The van der Waals surface area contributed by atoms with Gasteiger partial charge in [0.1, 0.15) is 6.29 Å². The summed E-state index contributed by atoms with van der Waals surface area (Å²) in [5.41, 5.74) is 13.5. The summed E-state index contributed by atoms with van der Waals surface area (Å²) in [6, 6.07) is 29.6. The molecule has 3 aromatic rings. The molecule has 0 saturated carbocycles. The van der Waals surface area contributed by atoms with Gasteiger partial charge in [-0.2, -0.15) is 0 Å². The number of carbonyl (C=O) groups is 1. The van der Waals surface area contributed by atoms with Crippen molar-refractivity contribution >= 4 is 18.7 Å². The molecule has 0 unspecified atom stereocenters. The zero-order valence-electron chi connectivity index (χ0n) is 21.4. The maximum Gasteiger partial charge on any atom is 0.150 e. The first-order chi connectivity index (χ1) is 17.8. The Balaban J connectivity index is 0.000000353.